The number of nitrogens with zero attached hydrogens (tertiary/aromatic N) is 2. The SMILES string of the molecule is COc1cccc([C@@H](C)NC(=O)c2ccc3[nH]c(O)c(C=Nc4ccc(CN5CCCCC5)cc4)c3c2)c1. The molecule has 196 valence electrons. The molecule has 0 radical (unpaired) electrons. The van der Waals surface area contributed by atoms with Gasteiger partial charge < -0.3 is 20.1 Å². The van der Waals surface area contributed by atoms with Crippen molar-refractivity contribution < 1.29 is 14.6 Å². The molecule has 1 aliphatic rings. The lowest BCUT2D eigenvalue weighted by atomic mass is 10.1. The molecule has 7 heteroatoms. The lowest BCUT2D eigenvalue weighted by Gasteiger charge is -2.26. The Labute approximate surface area is 223 Å². The number of rotatable bonds is 8. The Morgan fingerprint density at radius 1 is 1.11 bits per heavy atom. The maximum atomic E-state index is 13.0. The summed E-state index contributed by atoms with van der Waals surface area (Å²) < 4.78 is 5.30. The second-order valence-electron chi connectivity index (χ2n) is 9.88. The summed E-state index contributed by atoms with van der Waals surface area (Å²) in [5, 5.41) is 14.3. The molecule has 0 unspecified atom stereocenters. The van der Waals surface area contributed by atoms with E-state index in [4.69, 9.17) is 4.74 Å². The van der Waals surface area contributed by atoms with Gasteiger partial charge in [-0.1, -0.05) is 30.7 Å². The van der Waals surface area contributed by atoms with Crippen LogP contribution in [0.2, 0.25) is 0 Å². The second-order valence-corrected chi connectivity index (χ2v) is 9.88. The van der Waals surface area contributed by atoms with E-state index in [1.54, 1.807) is 31.5 Å². The lowest BCUT2D eigenvalue weighted by molar-refractivity contribution is 0.0940. The average Bonchev–Trinajstić information content (AvgIpc) is 3.27. The van der Waals surface area contributed by atoms with Crippen molar-refractivity contribution in [2.75, 3.05) is 20.2 Å². The van der Waals surface area contributed by atoms with Gasteiger partial charge in [0.1, 0.15) is 5.75 Å². The van der Waals surface area contributed by atoms with Crippen LogP contribution in [0.5, 0.6) is 11.6 Å². The third kappa shape index (κ3) is 5.89. The number of aliphatic imine (C=N–C) groups is 1. The first kappa shape index (κ1) is 25.5. The van der Waals surface area contributed by atoms with Crippen LogP contribution in [-0.4, -0.2) is 47.3 Å². The van der Waals surface area contributed by atoms with E-state index < -0.39 is 0 Å². The van der Waals surface area contributed by atoms with Gasteiger partial charge in [0.05, 0.1) is 24.4 Å². The molecule has 0 spiro atoms. The zero-order valence-electron chi connectivity index (χ0n) is 21.9. The van der Waals surface area contributed by atoms with Crippen molar-refractivity contribution in [2.45, 2.75) is 38.8 Å². The fourth-order valence-electron chi connectivity index (χ4n) is 4.95. The van der Waals surface area contributed by atoms with Crippen molar-refractivity contribution in [3.8, 4) is 11.6 Å². The van der Waals surface area contributed by atoms with Crippen molar-refractivity contribution >= 4 is 28.7 Å². The Hall–Kier alpha value is -4.10. The molecule has 1 aliphatic heterocycles. The van der Waals surface area contributed by atoms with Gasteiger partial charge in [0.15, 0.2) is 5.88 Å². The number of benzene rings is 3. The van der Waals surface area contributed by atoms with E-state index in [9.17, 15) is 9.90 Å². The van der Waals surface area contributed by atoms with Gasteiger partial charge in [-0.3, -0.25) is 14.7 Å². The number of aromatic amines is 1. The summed E-state index contributed by atoms with van der Waals surface area (Å²) >= 11 is 0. The molecule has 3 aromatic carbocycles. The van der Waals surface area contributed by atoms with Crippen LogP contribution in [0.25, 0.3) is 10.9 Å². The zero-order valence-corrected chi connectivity index (χ0v) is 21.9. The van der Waals surface area contributed by atoms with Crippen LogP contribution in [0.4, 0.5) is 5.69 Å². The minimum Gasteiger partial charge on any atom is -0.497 e. The largest absolute Gasteiger partial charge is 0.497 e. The molecule has 1 fully saturated rings. The van der Waals surface area contributed by atoms with Gasteiger partial charge in [0.2, 0.25) is 0 Å². The highest BCUT2D eigenvalue weighted by molar-refractivity contribution is 6.06. The van der Waals surface area contributed by atoms with Gasteiger partial charge in [0, 0.05) is 29.2 Å². The Morgan fingerprint density at radius 3 is 2.66 bits per heavy atom. The van der Waals surface area contributed by atoms with Gasteiger partial charge >= 0.3 is 0 Å². The molecule has 38 heavy (non-hydrogen) atoms. The smallest absolute Gasteiger partial charge is 0.251 e. The molecule has 4 aromatic rings. The maximum absolute atomic E-state index is 13.0. The molecule has 0 saturated carbocycles. The molecule has 1 atom stereocenters. The number of hydrogen-bond donors (Lipinski definition) is 3. The topological polar surface area (TPSA) is 89.9 Å². The number of ether oxygens (including phenoxy) is 1. The summed E-state index contributed by atoms with van der Waals surface area (Å²) in [6, 6.07) is 21.0. The minimum absolute atomic E-state index is 0.0211. The number of fused-ring (bicyclic) bond motifs is 1. The normalized spacial score (nSPS) is 15.1. The van der Waals surface area contributed by atoms with E-state index in [0.717, 1.165) is 34.4 Å². The number of piperidine rings is 1. The Bertz CT molecular complexity index is 1440. The highest BCUT2D eigenvalue weighted by Gasteiger charge is 2.16. The zero-order chi connectivity index (χ0) is 26.5. The van der Waals surface area contributed by atoms with E-state index in [-0.39, 0.29) is 17.8 Å². The average molecular weight is 511 g/mol. The van der Waals surface area contributed by atoms with Gasteiger partial charge in [0.25, 0.3) is 5.91 Å². The van der Waals surface area contributed by atoms with Gasteiger partial charge in [-0.05, 0) is 86.4 Å². The molecule has 1 amide bonds. The van der Waals surface area contributed by atoms with Crippen molar-refractivity contribution in [2.24, 2.45) is 4.99 Å². The van der Waals surface area contributed by atoms with Crippen LogP contribution >= 0.6 is 0 Å². The number of methoxy groups -OCH3 is 1. The van der Waals surface area contributed by atoms with Crippen LogP contribution in [0.15, 0.2) is 71.7 Å². The van der Waals surface area contributed by atoms with Crippen LogP contribution in [0.1, 0.15) is 59.3 Å². The molecule has 1 aromatic heterocycles. The number of amides is 1. The number of carbonyl (C=O) groups is 1. The number of likely N-dealkylation sites (tertiary alicyclic amines) is 1. The first-order valence-corrected chi connectivity index (χ1v) is 13.1. The number of carbonyl (C=O) groups excluding carboxylic acids is 1. The maximum Gasteiger partial charge on any atom is 0.251 e. The van der Waals surface area contributed by atoms with Crippen LogP contribution in [0.3, 0.4) is 0 Å². The minimum atomic E-state index is -0.202. The first-order chi connectivity index (χ1) is 18.5. The molecular formula is C31H34N4O3. The standard InChI is InChI=1S/C31H34N4O3/c1-21(23-7-6-8-26(17-23)38-2)33-30(36)24-11-14-29-27(18-24)28(31(37)34-29)19-32-25-12-9-22(10-13-25)20-35-15-4-3-5-16-35/h6-14,17-19,21,34,37H,3-5,15-16,20H2,1-2H3,(H,33,36)/t21-/m1/s1. The summed E-state index contributed by atoms with van der Waals surface area (Å²) in [5.74, 6) is 0.566. The molecular weight excluding hydrogens is 476 g/mol. The van der Waals surface area contributed by atoms with Crippen LogP contribution < -0.4 is 10.1 Å². The third-order valence-corrected chi connectivity index (χ3v) is 7.16. The van der Waals surface area contributed by atoms with Crippen LogP contribution in [-0.2, 0) is 6.54 Å². The monoisotopic (exact) mass is 510 g/mol. The number of aromatic nitrogens is 1. The van der Waals surface area contributed by atoms with E-state index in [1.165, 1.54) is 37.9 Å². The molecule has 1 saturated heterocycles. The predicted octanol–water partition coefficient (Wildman–Crippen LogP) is 6.11. The van der Waals surface area contributed by atoms with Gasteiger partial charge in [-0.2, -0.15) is 0 Å². The summed E-state index contributed by atoms with van der Waals surface area (Å²) in [5.41, 5.74) is 4.82. The molecule has 0 aliphatic carbocycles. The molecule has 7 nitrogen and oxygen atoms in total. The molecule has 3 N–H and O–H groups in total. The van der Waals surface area contributed by atoms with Crippen molar-refractivity contribution in [3.05, 3.63) is 89.0 Å². The third-order valence-electron chi connectivity index (χ3n) is 7.16. The summed E-state index contributed by atoms with van der Waals surface area (Å²) in [7, 11) is 1.62. The molecule has 5 rings (SSSR count). The fraction of sp³-hybridized carbons (Fsp3) is 0.290. The van der Waals surface area contributed by atoms with Gasteiger partial charge in [-0.25, -0.2) is 0 Å². The fourth-order valence-corrected chi connectivity index (χ4v) is 4.95. The van der Waals surface area contributed by atoms with E-state index in [0.29, 0.717) is 11.1 Å². The van der Waals surface area contributed by atoms with Gasteiger partial charge in [-0.15, -0.1) is 0 Å². The number of hydrogen-bond acceptors (Lipinski definition) is 5. The number of aromatic hydroxyl groups is 1. The quantitative estimate of drug-likeness (QED) is 0.250. The molecule has 2 heterocycles. The Kier molecular flexibility index (Phi) is 7.75. The van der Waals surface area contributed by atoms with Crippen LogP contribution in [0, 0.1) is 0 Å². The Morgan fingerprint density at radius 2 is 1.89 bits per heavy atom. The van der Waals surface area contributed by atoms with E-state index >= 15 is 0 Å². The summed E-state index contributed by atoms with van der Waals surface area (Å²) in [4.78, 5) is 23.1. The summed E-state index contributed by atoms with van der Waals surface area (Å²) in [6.07, 6.45) is 5.54. The van der Waals surface area contributed by atoms with E-state index in [1.807, 2.05) is 43.3 Å². The lowest BCUT2D eigenvalue weighted by Crippen LogP contribution is -2.28. The first-order valence-electron chi connectivity index (χ1n) is 13.1. The van der Waals surface area contributed by atoms with Crippen molar-refractivity contribution in [3.63, 3.8) is 0 Å². The highest BCUT2D eigenvalue weighted by atomic mass is 16.5. The predicted molar refractivity (Wildman–Crippen MR) is 152 cm³/mol. The van der Waals surface area contributed by atoms with E-state index in [2.05, 4.69) is 32.3 Å². The molecule has 0 bridgehead atoms. The van der Waals surface area contributed by atoms with Crippen molar-refractivity contribution in [1.29, 1.82) is 0 Å². The highest BCUT2D eigenvalue weighted by Crippen LogP contribution is 2.28. The Balaban J connectivity index is 1.30. The number of nitrogens with one attached hydrogen (secondary N) is 2. The van der Waals surface area contributed by atoms with Crippen molar-refractivity contribution in [1.82, 2.24) is 15.2 Å². The summed E-state index contributed by atoms with van der Waals surface area (Å²) in [6.45, 7) is 5.23. The second kappa shape index (κ2) is 11.5. The number of H-pyrrole nitrogens is 1.